The third-order valence-corrected chi connectivity index (χ3v) is 3.05. The maximum absolute atomic E-state index is 12.4. The lowest BCUT2D eigenvalue weighted by Gasteiger charge is -2.13. The lowest BCUT2D eigenvalue weighted by Crippen LogP contribution is -2.10. The molecule has 0 unspecified atom stereocenters. The van der Waals surface area contributed by atoms with E-state index in [0.717, 1.165) is 12.1 Å². The molecule has 0 saturated carbocycles. The Bertz CT molecular complexity index is 724. The first-order valence-electron chi connectivity index (χ1n) is 7.15. The lowest BCUT2D eigenvalue weighted by molar-refractivity contribution is -0.117. The Kier molecular flexibility index (Phi) is 6.26. The Balaban J connectivity index is 2.09. The summed E-state index contributed by atoms with van der Waals surface area (Å²) in [5.74, 6) is -1.34. The summed E-state index contributed by atoms with van der Waals surface area (Å²) < 4.78 is 57.7. The highest BCUT2D eigenvalue weighted by molar-refractivity contribution is 5.82. The molecule has 1 aromatic carbocycles. The van der Waals surface area contributed by atoms with Gasteiger partial charge in [-0.3, -0.25) is 14.8 Å². The van der Waals surface area contributed by atoms with Gasteiger partial charge in [0.1, 0.15) is 5.78 Å². The number of ether oxygens (including phenoxy) is 2. The van der Waals surface area contributed by atoms with Gasteiger partial charge in [-0.25, -0.2) is 0 Å². The zero-order valence-corrected chi connectivity index (χ0v) is 13.1. The highest BCUT2D eigenvalue weighted by atomic mass is 19.3. The highest BCUT2D eigenvalue weighted by Crippen LogP contribution is 2.31. The molecule has 5 nitrogen and oxygen atoms in total. The van der Waals surface area contributed by atoms with Crippen LogP contribution in [0.5, 0.6) is 11.5 Å². The van der Waals surface area contributed by atoms with Crippen molar-refractivity contribution in [2.24, 2.45) is 0 Å². The zero-order chi connectivity index (χ0) is 18.4. The second kappa shape index (κ2) is 8.41. The second-order valence-electron chi connectivity index (χ2n) is 5.08. The van der Waals surface area contributed by atoms with Crippen molar-refractivity contribution in [3.8, 4) is 11.5 Å². The van der Waals surface area contributed by atoms with E-state index in [1.54, 1.807) is 6.92 Å². The summed E-state index contributed by atoms with van der Waals surface area (Å²) in [5.41, 5.74) is 1.50. The molecule has 134 valence electrons. The third-order valence-electron chi connectivity index (χ3n) is 3.05. The summed E-state index contributed by atoms with van der Waals surface area (Å²) in [6.45, 7) is -4.65. The summed E-state index contributed by atoms with van der Waals surface area (Å²) in [5, 5.41) is 0. The van der Waals surface area contributed by atoms with Gasteiger partial charge in [-0.2, -0.15) is 17.6 Å². The number of rotatable bonds is 8. The molecule has 9 heteroatoms. The van der Waals surface area contributed by atoms with Crippen molar-refractivity contribution in [1.29, 1.82) is 0 Å². The predicted octanol–water partition coefficient (Wildman–Crippen LogP) is 3.34. The summed E-state index contributed by atoms with van der Waals surface area (Å²) in [4.78, 5) is 20.1. The fourth-order valence-corrected chi connectivity index (χ4v) is 2.05. The molecule has 2 aromatic rings. The van der Waals surface area contributed by atoms with Crippen LogP contribution in [0.3, 0.4) is 0 Å². The van der Waals surface area contributed by atoms with Gasteiger partial charge in [0.25, 0.3) is 0 Å². The number of carbonyl (C=O) groups excluding carboxylic acids is 1. The molecule has 0 spiro atoms. The number of carbonyl (C=O) groups is 1. The molecular weight excluding hydrogens is 344 g/mol. The molecule has 0 radical (unpaired) electrons. The van der Waals surface area contributed by atoms with E-state index in [1.165, 1.54) is 18.5 Å². The number of halogens is 4. The van der Waals surface area contributed by atoms with Gasteiger partial charge in [0.2, 0.25) is 0 Å². The number of Topliss-reactive ketones (excluding diaryl/α,β-unsaturated/α-hetero) is 1. The number of alkyl halides is 4. The number of aryl methyl sites for hydroxylation is 1. The van der Waals surface area contributed by atoms with Crippen LogP contribution >= 0.6 is 0 Å². The maximum Gasteiger partial charge on any atom is 0.387 e. The van der Waals surface area contributed by atoms with Crippen LogP contribution in [-0.2, 0) is 17.6 Å². The van der Waals surface area contributed by atoms with E-state index in [-0.39, 0.29) is 18.6 Å². The van der Waals surface area contributed by atoms with E-state index in [4.69, 9.17) is 0 Å². The highest BCUT2D eigenvalue weighted by Gasteiger charge is 2.16. The van der Waals surface area contributed by atoms with Crippen molar-refractivity contribution in [2.75, 3.05) is 0 Å². The first-order chi connectivity index (χ1) is 11.8. The number of nitrogens with zero attached hydrogens (tertiary/aromatic N) is 2. The van der Waals surface area contributed by atoms with E-state index in [9.17, 15) is 22.4 Å². The van der Waals surface area contributed by atoms with Gasteiger partial charge < -0.3 is 9.47 Å². The Morgan fingerprint density at radius 1 is 1.00 bits per heavy atom. The second-order valence-corrected chi connectivity index (χ2v) is 5.08. The standard InChI is InChI=1S/C16H14F4N2O3/c1-9-7-22-11(8-21-9)6-12(23)4-10-2-3-13(24-15(17)18)14(5-10)25-16(19)20/h2-3,5,7-8,15-16H,4,6H2,1H3. The molecule has 0 bridgehead atoms. The molecule has 2 rings (SSSR count). The summed E-state index contributed by atoms with van der Waals surface area (Å²) >= 11 is 0. The molecule has 1 heterocycles. The molecule has 0 aliphatic heterocycles. The summed E-state index contributed by atoms with van der Waals surface area (Å²) in [6.07, 6.45) is 2.89. The van der Waals surface area contributed by atoms with Crippen molar-refractivity contribution in [2.45, 2.75) is 33.0 Å². The fraction of sp³-hybridized carbons (Fsp3) is 0.312. The van der Waals surface area contributed by atoms with Crippen LogP contribution in [0.1, 0.15) is 17.0 Å². The molecular formula is C16H14F4N2O3. The predicted molar refractivity (Wildman–Crippen MR) is 78.9 cm³/mol. The van der Waals surface area contributed by atoms with Gasteiger partial charge in [-0.1, -0.05) is 6.07 Å². The van der Waals surface area contributed by atoms with Crippen LogP contribution in [-0.4, -0.2) is 29.0 Å². The van der Waals surface area contributed by atoms with Crippen molar-refractivity contribution in [3.05, 3.63) is 47.5 Å². The minimum Gasteiger partial charge on any atom is -0.431 e. The largest absolute Gasteiger partial charge is 0.431 e. The number of ketones is 1. The number of hydrogen-bond donors (Lipinski definition) is 0. The fourth-order valence-electron chi connectivity index (χ4n) is 2.05. The lowest BCUT2D eigenvalue weighted by atomic mass is 10.1. The van der Waals surface area contributed by atoms with Crippen molar-refractivity contribution in [1.82, 2.24) is 9.97 Å². The van der Waals surface area contributed by atoms with Gasteiger partial charge in [0.15, 0.2) is 11.5 Å². The Hall–Kier alpha value is -2.71. The Morgan fingerprint density at radius 2 is 1.68 bits per heavy atom. The quantitative estimate of drug-likeness (QED) is 0.678. The minimum absolute atomic E-state index is 0.00754. The average molecular weight is 358 g/mol. The average Bonchev–Trinajstić information content (AvgIpc) is 2.51. The molecule has 0 aliphatic rings. The van der Waals surface area contributed by atoms with Gasteiger partial charge in [-0.15, -0.1) is 0 Å². The van der Waals surface area contributed by atoms with E-state index in [2.05, 4.69) is 19.4 Å². The SMILES string of the molecule is Cc1cnc(CC(=O)Cc2ccc(OC(F)F)c(OC(F)F)c2)cn1. The number of hydrogen-bond acceptors (Lipinski definition) is 5. The van der Waals surface area contributed by atoms with Crippen molar-refractivity contribution >= 4 is 5.78 Å². The molecule has 0 aliphatic carbocycles. The smallest absolute Gasteiger partial charge is 0.387 e. The first kappa shape index (κ1) is 18.6. The van der Waals surface area contributed by atoms with Gasteiger partial charge in [-0.05, 0) is 24.6 Å². The third kappa shape index (κ3) is 6.02. The summed E-state index contributed by atoms with van der Waals surface area (Å²) in [6, 6.07) is 3.45. The van der Waals surface area contributed by atoms with Crippen LogP contribution < -0.4 is 9.47 Å². The van der Waals surface area contributed by atoms with Crippen molar-refractivity contribution < 1.29 is 31.8 Å². The van der Waals surface area contributed by atoms with E-state index in [1.807, 2.05) is 0 Å². The normalized spacial score (nSPS) is 11.0. The van der Waals surface area contributed by atoms with Gasteiger partial charge >= 0.3 is 13.2 Å². The molecule has 0 saturated heterocycles. The monoisotopic (exact) mass is 358 g/mol. The molecule has 0 amide bonds. The van der Waals surface area contributed by atoms with Crippen molar-refractivity contribution in [3.63, 3.8) is 0 Å². The topological polar surface area (TPSA) is 61.3 Å². The first-order valence-corrected chi connectivity index (χ1v) is 7.15. The molecule has 0 atom stereocenters. The number of benzene rings is 1. The van der Waals surface area contributed by atoms with Gasteiger partial charge in [0.05, 0.1) is 17.8 Å². The Labute approximate surface area is 140 Å². The van der Waals surface area contributed by atoms with E-state index < -0.39 is 24.7 Å². The Morgan fingerprint density at radius 3 is 2.28 bits per heavy atom. The van der Waals surface area contributed by atoms with Crippen LogP contribution in [0.15, 0.2) is 30.6 Å². The van der Waals surface area contributed by atoms with E-state index >= 15 is 0 Å². The summed E-state index contributed by atoms with van der Waals surface area (Å²) in [7, 11) is 0. The zero-order valence-electron chi connectivity index (χ0n) is 13.1. The van der Waals surface area contributed by atoms with Crippen LogP contribution in [0.25, 0.3) is 0 Å². The molecule has 1 aromatic heterocycles. The number of aromatic nitrogens is 2. The molecule has 25 heavy (non-hydrogen) atoms. The van der Waals surface area contributed by atoms with E-state index in [0.29, 0.717) is 17.0 Å². The van der Waals surface area contributed by atoms with Gasteiger partial charge in [0, 0.05) is 18.8 Å². The maximum atomic E-state index is 12.4. The van der Waals surface area contributed by atoms with Crippen LogP contribution in [0.4, 0.5) is 17.6 Å². The molecule has 0 N–H and O–H groups in total. The van der Waals surface area contributed by atoms with Crippen LogP contribution in [0, 0.1) is 6.92 Å². The molecule has 0 fully saturated rings. The van der Waals surface area contributed by atoms with Crippen LogP contribution in [0.2, 0.25) is 0 Å². The minimum atomic E-state index is -3.21.